The molecule has 266 valence electrons. The molecule has 0 saturated carbocycles. The third-order valence-electron chi connectivity index (χ3n) is 9.97. The van der Waals surface area contributed by atoms with E-state index in [1.807, 2.05) is 17.6 Å². The molecule has 1 aromatic carbocycles. The highest BCUT2D eigenvalue weighted by Gasteiger charge is 2.36. The Morgan fingerprint density at radius 1 is 1.08 bits per heavy atom. The number of alkyl halides is 3. The number of hydrogen-bond acceptors (Lipinski definition) is 9. The molecule has 5 heterocycles. The van der Waals surface area contributed by atoms with Crippen molar-refractivity contribution in [1.29, 1.82) is 5.26 Å². The fraction of sp³-hybridized carbons (Fsp3) is 0.500. The highest BCUT2D eigenvalue weighted by molar-refractivity contribution is 7.87. The number of benzene rings is 1. The summed E-state index contributed by atoms with van der Waals surface area (Å²) in [5.41, 5.74) is 2.96. The normalized spacial score (nSPS) is 18.6. The fourth-order valence-corrected chi connectivity index (χ4v) is 8.95. The molecule has 3 aromatic heterocycles. The predicted molar refractivity (Wildman–Crippen MR) is 189 cm³/mol. The first-order chi connectivity index (χ1) is 23.7. The molecule has 0 unspecified atom stereocenters. The average Bonchev–Trinajstić information content (AvgIpc) is 3.67. The Morgan fingerprint density at radius 2 is 1.80 bits per heavy atom. The number of fused-ring (bicyclic) bond motifs is 2. The van der Waals surface area contributed by atoms with Gasteiger partial charge in [0.15, 0.2) is 0 Å². The molecule has 2 aliphatic rings. The molecule has 0 radical (unpaired) electrons. The van der Waals surface area contributed by atoms with Gasteiger partial charge in [-0.25, -0.2) is 14.7 Å². The van der Waals surface area contributed by atoms with Crippen LogP contribution in [0.1, 0.15) is 41.5 Å². The second-order valence-electron chi connectivity index (χ2n) is 13.2. The average molecular weight is 728 g/mol. The van der Waals surface area contributed by atoms with Gasteiger partial charge in [0, 0.05) is 74.7 Å². The lowest BCUT2D eigenvalue weighted by Gasteiger charge is -2.43. The van der Waals surface area contributed by atoms with E-state index in [0.29, 0.717) is 54.5 Å². The van der Waals surface area contributed by atoms with Crippen LogP contribution in [0.15, 0.2) is 30.6 Å². The number of piperidine rings is 1. The maximum atomic E-state index is 13.0. The van der Waals surface area contributed by atoms with Crippen LogP contribution in [-0.2, 0) is 29.7 Å². The third kappa shape index (κ3) is 7.46. The number of anilines is 1. The van der Waals surface area contributed by atoms with E-state index < -0.39 is 28.3 Å². The zero-order valence-electron chi connectivity index (χ0n) is 28.2. The molecule has 0 amide bonds. The number of aryl methyl sites for hydroxylation is 1. The zero-order chi connectivity index (χ0) is 35.8. The van der Waals surface area contributed by atoms with Crippen molar-refractivity contribution >= 4 is 48.5 Å². The standard InChI is InChI=1S/C34H40F3N9O2S2/c1-5-33(3,44-12-14-45(15-13-44)50(47,48)39-4)21-46-26(19-38)16-28-23(2)24(6-7-30(28)46)20-43-10-8-25(9-11-43)42-31-29-17-27(18-34(35,36)37)49-32(29)41-22-40-31/h1,6-7,16-17,22,25,39H,8-15,18,20-21H2,2-4H3,(H,40,41,42)/t33-/m0/s1. The van der Waals surface area contributed by atoms with Gasteiger partial charge in [0.1, 0.15) is 28.7 Å². The van der Waals surface area contributed by atoms with Gasteiger partial charge in [0.25, 0.3) is 10.2 Å². The number of rotatable bonds is 10. The van der Waals surface area contributed by atoms with E-state index in [0.717, 1.165) is 60.3 Å². The van der Waals surface area contributed by atoms with Gasteiger partial charge < -0.3 is 9.88 Å². The van der Waals surface area contributed by atoms with Crippen LogP contribution in [0.25, 0.3) is 21.1 Å². The Bertz CT molecular complexity index is 2070. The first-order valence-corrected chi connectivity index (χ1v) is 18.7. The number of likely N-dealkylation sites (tertiary alicyclic amines) is 1. The Labute approximate surface area is 294 Å². The Hall–Kier alpha value is -3.77. The second-order valence-corrected chi connectivity index (χ2v) is 16.2. The van der Waals surface area contributed by atoms with Crippen LogP contribution in [0.4, 0.5) is 19.0 Å². The SMILES string of the molecule is C#C[C@@](C)(Cn1c(C#N)cc2c(C)c(CN3CCC(Nc4ncnc5sc(CC(F)(F)F)cc45)CC3)ccc21)N1CCN(S(=O)(=O)NC)CC1. The Balaban J connectivity index is 1.11. The van der Waals surface area contributed by atoms with E-state index in [4.69, 9.17) is 6.42 Å². The third-order valence-corrected chi connectivity index (χ3v) is 12.6. The molecular formula is C34H40F3N9O2S2. The van der Waals surface area contributed by atoms with Crippen LogP contribution in [-0.4, -0.2) is 101 Å². The van der Waals surface area contributed by atoms with Gasteiger partial charge in [-0.2, -0.15) is 31.2 Å². The topological polar surface area (TPSA) is 122 Å². The van der Waals surface area contributed by atoms with Crippen LogP contribution in [0.2, 0.25) is 0 Å². The van der Waals surface area contributed by atoms with Crippen LogP contribution >= 0.6 is 11.3 Å². The van der Waals surface area contributed by atoms with Gasteiger partial charge in [-0.1, -0.05) is 12.0 Å². The monoisotopic (exact) mass is 727 g/mol. The van der Waals surface area contributed by atoms with Crippen molar-refractivity contribution < 1.29 is 21.6 Å². The minimum Gasteiger partial charge on any atom is -0.367 e. The summed E-state index contributed by atoms with van der Waals surface area (Å²) in [4.78, 5) is 13.8. The van der Waals surface area contributed by atoms with Crippen LogP contribution < -0.4 is 10.0 Å². The number of halogens is 3. The van der Waals surface area contributed by atoms with Gasteiger partial charge in [0.2, 0.25) is 0 Å². The number of thiophene rings is 1. The van der Waals surface area contributed by atoms with Gasteiger partial charge in [-0.15, -0.1) is 17.8 Å². The lowest BCUT2D eigenvalue weighted by molar-refractivity contribution is -0.126. The van der Waals surface area contributed by atoms with Crippen molar-refractivity contribution in [2.75, 3.05) is 51.6 Å². The largest absolute Gasteiger partial charge is 0.393 e. The Kier molecular flexibility index (Phi) is 10.2. The molecule has 50 heavy (non-hydrogen) atoms. The van der Waals surface area contributed by atoms with E-state index >= 15 is 0 Å². The number of hydrogen-bond donors (Lipinski definition) is 2. The Morgan fingerprint density at radius 3 is 2.44 bits per heavy atom. The van der Waals surface area contributed by atoms with Crippen molar-refractivity contribution in [3.05, 3.63) is 52.3 Å². The molecule has 11 nitrogen and oxygen atoms in total. The molecule has 2 saturated heterocycles. The lowest BCUT2D eigenvalue weighted by Crippen LogP contribution is -2.58. The lowest BCUT2D eigenvalue weighted by atomic mass is 9.99. The summed E-state index contributed by atoms with van der Waals surface area (Å²) in [6, 6.07) is 10.1. The van der Waals surface area contributed by atoms with Crippen molar-refractivity contribution in [1.82, 2.24) is 33.4 Å². The molecular weight excluding hydrogens is 688 g/mol. The van der Waals surface area contributed by atoms with Crippen LogP contribution in [0, 0.1) is 30.6 Å². The summed E-state index contributed by atoms with van der Waals surface area (Å²) in [5, 5.41) is 15.2. The van der Waals surface area contributed by atoms with Crippen molar-refractivity contribution in [3.8, 4) is 18.4 Å². The van der Waals surface area contributed by atoms with Crippen LogP contribution in [0.3, 0.4) is 0 Å². The minimum atomic E-state index is -4.28. The summed E-state index contributed by atoms with van der Waals surface area (Å²) in [5.74, 6) is 3.51. The summed E-state index contributed by atoms with van der Waals surface area (Å²) >= 11 is 1.05. The number of nitrogens with zero attached hydrogens (tertiary/aromatic N) is 7. The van der Waals surface area contributed by atoms with E-state index in [1.54, 1.807) is 6.07 Å². The highest BCUT2D eigenvalue weighted by Crippen LogP contribution is 2.34. The molecule has 0 spiro atoms. The van der Waals surface area contributed by atoms with E-state index in [-0.39, 0.29) is 10.9 Å². The minimum absolute atomic E-state index is 0.132. The molecule has 2 N–H and O–H groups in total. The first-order valence-electron chi connectivity index (χ1n) is 16.5. The molecule has 2 fully saturated rings. The van der Waals surface area contributed by atoms with Gasteiger partial charge in [-0.05, 0) is 56.0 Å². The molecule has 0 bridgehead atoms. The van der Waals surface area contributed by atoms with E-state index in [9.17, 15) is 26.9 Å². The number of nitriles is 1. The predicted octanol–water partition coefficient (Wildman–Crippen LogP) is 4.48. The molecule has 2 aliphatic heterocycles. The number of piperazine rings is 1. The van der Waals surface area contributed by atoms with E-state index in [1.165, 1.54) is 23.2 Å². The van der Waals surface area contributed by atoms with Gasteiger partial charge >= 0.3 is 6.18 Å². The number of terminal acetylenes is 1. The molecule has 4 aromatic rings. The maximum Gasteiger partial charge on any atom is 0.393 e. The quantitative estimate of drug-likeness (QED) is 0.230. The zero-order valence-corrected chi connectivity index (χ0v) is 29.9. The van der Waals surface area contributed by atoms with Gasteiger partial charge in [0.05, 0.1) is 23.9 Å². The van der Waals surface area contributed by atoms with Gasteiger partial charge in [-0.3, -0.25) is 9.80 Å². The summed E-state index contributed by atoms with van der Waals surface area (Å²) in [7, 11) is -2.12. The maximum absolute atomic E-state index is 13.0. The smallest absolute Gasteiger partial charge is 0.367 e. The summed E-state index contributed by atoms with van der Waals surface area (Å²) in [6.07, 6.45) is 3.95. The number of aromatic nitrogens is 3. The fourth-order valence-electron chi connectivity index (χ4n) is 7.03. The molecule has 1 atom stereocenters. The molecule has 6 rings (SSSR count). The second kappa shape index (κ2) is 14.1. The van der Waals surface area contributed by atoms with Crippen molar-refractivity contribution in [3.63, 3.8) is 0 Å². The first kappa shape index (κ1) is 36.0. The number of nitrogens with one attached hydrogen (secondary N) is 2. The summed E-state index contributed by atoms with van der Waals surface area (Å²) in [6.45, 7) is 8.40. The summed E-state index contributed by atoms with van der Waals surface area (Å²) < 4.78 is 69.2. The molecule has 0 aliphatic carbocycles. The van der Waals surface area contributed by atoms with Crippen molar-refractivity contribution in [2.45, 2.75) is 64.0 Å². The molecule has 16 heteroatoms. The highest BCUT2D eigenvalue weighted by atomic mass is 32.2. The van der Waals surface area contributed by atoms with Crippen molar-refractivity contribution in [2.24, 2.45) is 0 Å². The van der Waals surface area contributed by atoms with E-state index in [2.05, 4.69) is 60.9 Å². The van der Waals surface area contributed by atoms with Crippen LogP contribution in [0.5, 0.6) is 0 Å².